The van der Waals surface area contributed by atoms with Crippen LogP contribution in [0.1, 0.15) is 51.8 Å². The largest absolute Gasteiger partial charge is 0.478 e. The Morgan fingerprint density at radius 3 is 2.48 bits per heavy atom. The number of nitrogens with one attached hydrogen (secondary N) is 2. The van der Waals surface area contributed by atoms with E-state index in [-0.39, 0.29) is 17.5 Å². The van der Waals surface area contributed by atoms with Gasteiger partial charge in [0, 0.05) is 12.1 Å². The van der Waals surface area contributed by atoms with Gasteiger partial charge < -0.3 is 10.0 Å². The Morgan fingerprint density at radius 2 is 1.87 bits per heavy atom. The van der Waals surface area contributed by atoms with E-state index < -0.39 is 11.7 Å². The highest BCUT2D eigenvalue weighted by Crippen LogP contribution is 2.29. The van der Waals surface area contributed by atoms with Crippen molar-refractivity contribution in [3.63, 3.8) is 0 Å². The fourth-order valence-electron chi connectivity index (χ4n) is 2.82. The summed E-state index contributed by atoms with van der Waals surface area (Å²) in [6.07, 6.45) is 2.55. The smallest absolute Gasteiger partial charge is 0.340 e. The number of carboxylic acid groups (broad SMARTS) is 1. The lowest BCUT2D eigenvalue weighted by Gasteiger charge is -2.34. The maximum Gasteiger partial charge on any atom is 0.340 e. The van der Waals surface area contributed by atoms with E-state index in [1.54, 1.807) is 4.90 Å². The second-order valence-corrected chi connectivity index (χ2v) is 5.46. The van der Waals surface area contributed by atoms with E-state index in [0.717, 1.165) is 19.3 Å². The number of piperidine rings is 1. The van der Waals surface area contributed by atoms with E-state index in [0.29, 0.717) is 17.9 Å². The lowest BCUT2D eigenvalue weighted by Crippen LogP contribution is -2.39. The van der Waals surface area contributed by atoms with Gasteiger partial charge in [0.2, 0.25) is 0 Å². The first-order valence-electron chi connectivity index (χ1n) is 7.35. The standard InChI is InChI=1S/C15H16N4O4/c20-13(9-4-6-10(7-5-9)14(21)22)19-8-2-1-3-11(19)12-16-15(23)18-17-12/h4-7,11H,1-3,8H2,(H,21,22)(H2,16,17,18,23). The lowest BCUT2D eigenvalue weighted by molar-refractivity contribution is 0.0598. The highest BCUT2D eigenvalue weighted by Gasteiger charge is 2.30. The van der Waals surface area contributed by atoms with E-state index in [1.807, 2.05) is 0 Å². The van der Waals surface area contributed by atoms with E-state index in [2.05, 4.69) is 15.2 Å². The predicted octanol–water partition coefficient (Wildman–Crippen LogP) is 1.16. The van der Waals surface area contributed by atoms with Crippen LogP contribution in [-0.2, 0) is 0 Å². The van der Waals surface area contributed by atoms with Crippen LogP contribution >= 0.6 is 0 Å². The number of carbonyl (C=O) groups excluding carboxylic acids is 1. The molecular weight excluding hydrogens is 300 g/mol. The fraction of sp³-hybridized carbons (Fsp3) is 0.333. The summed E-state index contributed by atoms with van der Waals surface area (Å²) >= 11 is 0. The molecule has 23 heavy (non-hydrogen) atoms. The van der Waals surface area contributed by atoms with Gasteiger partial charge in [-0.2, -0.15) is 5.10 Å². The molecule has 1 aromatic heterocycles. The first kappa shape index (κ1) is 15.0. The maximum absolute atomic E-state index is 12.7. The molecule has 2 aromatic rings. The summed E-state index contributed by atoms with van der Waals surface area (Å²) in [5.74, 6) is -0.783. The molecule has 1 amide bonds. The number of carbonyl (C=O) groups is 2. The minimum Gasteiger partial charge on any atom is -0.478 e. The van der Waals surface area contributed by atoms with Crippen LogP contribution in [0.3, 0.4) is 0 Å². The van der Waals surface area contributed by atoms with Crippen LogP contribution in [-0.4, -0.2) is 43.6 Å². The zero-order valence-corrected chi connectivity index (χ0v) is 12.3. The molecule has 3 rings (SSSR count). The van der Waals surface area contributed by atoms with Crippen molar-refractivity contribution in [3.05, 3.63) is 51.7 Å². The first-order chi connectivity index (χ1) is 11.1. The second kappa shape index (κ2) is 6.07. The van der Waals surface area contributed by atoms with Crippen molar-refractivity contribution in [2.45, 2.75) is 25.3 Å². The van der Waals surface area contributed by atoms with Gasteiger partial charge in [-0.3, -0.25) is 9.78 Å². The summed E-state index contributed by atoms with van der Waals surface area (Å²) in [7, 11) is 0. The fourth-order valence-corrected chi connectivity index (χ4v) is 2.82. The van der Waals surface area contributed by atoms with Gasteiger partial charge in [-0.25, -0.2) is 14.7 Å². The van der Waals surface area contributed by atoms with Crippen molar-refractivity contribution in [2.24, 2.45) is 0 Å². The molecule has 3 N–H and O–H groups in total. The molecule has 1 aliphatic rings. The summed E-state index contributed by atoms with van der Waals surface area (Å²) in [6, 6.07) is 5.54. The van der Waals surface area contributed by atoms with Crippen molar-refractivity contribution in [1.82, 2.24) is 20.1 Å². The topological polar surface area (TPSA) is 119 Å². The molecule has 1 unspecified atom stereocenters. The third-order valence-electron chi connectivity index (χ3n) is 3.98. The normalized spacial score (nSPS) is 17.9. The Kier molecular flexibility index (Phi) is 3.96. The molecule has 1 atom stereocenters. The van der Waals surface area contributed by atoms with Crippen LogP contribution in [0, 0.1) is 0 Å². The lowest BCUT2D eigenvalue weighted by atomic mass is 10.00. The molecule has 1 aromatic carbocycles. The monoisotopic (exact) mass is 316 g/mol. The minimum atomic E-state index is -1.03. The Labute approximate surface area is 131 Å². The highest BCUT2D eigenvalue weighted by molar-refractivity contribution is 5.96. The molecule has 8 heteroatoms. The van der Waals surface area contributed by atoms with Gasteiger partial charge in [-0.05, 0) is 43.5 Å². The first-order valence-corrected chi connectivity index (χ1v) is 7.35. The van der Waals surface area contributed by atoms with Gasteiger partial charge in [0.05, 0.1) is 11.6 Å². The van der Waals surface area contributed by atoms with E-state index in [4.69, 9.17) is 5.11 Å². The highest BCUT2D eigenvalue weighted by atomic mass is 16.4. The molecule has 2 heterocycles. The molecule has 0 saturated carbocycles. The number of likely N-dealkylation sites (tertiary alicyclic amines) is 1. The van der Waals surface area contributed by atoms with Crippen molar-refractivity contribution < 1.29 is 14.7 Å². The number of hydrogen-bond donors (Lipinski definition) is 3. The van der Waals surface area contributed by atoms with Crippen LogP contribution in [0.5, 0.6) is 0 Å². The Balaban J connectivity index is 1.86. The average molecular weight is 316 g/mol. The molecule has 1 saturated heterocycles. The molecule has 8 nitrogen and oxygen atoms in total. The quantitative estimate of drug-likeness (QED) is 0.785. The zero-order chi connectivity index (χ0) is 16.4. The molecular formula is C15H16N4O4. The summed E-state index contributed by atoms with van der Waals surface area (Å²) in [4.78, 5) is 39.1. The molecule has 1 aliphatic heterocycles. The number of H-pyrrole nitrogens is 2. The van der Waals surface area contributed by atoms with Gasteiger partial charge in [-0.15, -0.1) is 0 Å². The number of nitrogens with zero attached hydrogens (tertiary/aromatic N) is 2. The molecule has 0 aliphatic carbocycles. The molecule has 0 radical (unpaired) electrons. The number of aromatic carboxylic acids is 1. The molecule has 0 bridgehead atoms. The molecule has 120 valence electrons. The zero-order valence-electron chi connectivity index (χ0n) is 12.3. The SMILES string of the molecule is O=C(O)c1ccc(C(=O)N2CCCCC2c2n[nH]c(=O)[nH]2)cc1. The molecule has 0 spiro atoms. The van der Waals surface area contributed by atoms with Crippen LogP contribution in [0.2, 0.25) is 0 Å². The summed E-state index contributed by atoms with van der Waals surface area (Å²) in [5, 5.41) is 15.2. The van der Waals surface area contributed by atoms with Gasteiger partial charge in [-0.1, -0.05) is 0 Å². The number of aromatic amines is 2. The number of aromatic nitrogens is 3. The van der Waals surface area contributed by atoms with Gasteiger partial charge in [0.15, 0.2) is 5.82 Å². The van der Waals surface area contributed by atoms with Crippen molar-refractivity contribution in [2.75, 3.05) is 6.54 Å². The Bertz CT molecular complexity index is 777. The minimum absolute atomic E-state index is 0.133. The van der Waals surface area contributed by atoms with Gasteiger partial charge in [0.1, 0.15) is 0 Å². The van der Waals surface area contributed by atoms with Crippen LogP contribution in [0.15, 0.2) is 29.1 Å². The van der Waals surface area contributed by atoms with Gasteiger partial charge in [0.25, 0.3) is 5.91 Å². The average Bonchev–Trinajstić information content (AvgIpc) is 3.00. The number of benzene rings is 1. The summed E-state index contributed by atoms with van der Waals surface area (Å²) in [5.41, 5.74) is 0.150. The van der Waals surface area contributed by atoms with E-state index in [1.165, 1.54) is 24.3 Å². The van der Waals surface area contributed by atoms with E-state index >= 15 is 0 Å². The van der Waals surface area contributed by atoms with Crippen molar-refractivity contribution in [1.29, 1.82) is 0 Å². The van der Waals surface area contributed by atoms with Crippen LogP contribution in [0.25, 0.3) is 0 Å². The Morgan fingerprint density at radius 1 is 1.17 bits per heavy atom. The number of carboxylic acids is 1. The number of rotatable bonds is 3. The molecule has 1 fully saturated rings. The van der Waals surface area contributed by atoms with Crippen LogP contribution < -0.4 is 5.69 Å². The predicted molar refractivity (Wildman–Crippen MR) is 80.2 cm³/mol. The summed E-state index contributed by atoms with van der Waals surface area (Å²) < 4.78 is 0. The van der Waals surface area contributed by atoms with Crippen molar-refractivity contribution >= 4 is 11.9 Å². The van der Waals surface area contributed by atoms with E-state index in [9.17, 15) is 14.4 Å². The van der Waals surface area contributed by atoms with Crippen LogP contribution in [0.4, 0.5) is 0 Å². The summed E-state index contributed by atoms with van der Waals surface area (Å²) in [6.45, 7) is 0.569. The Hall–Kier alpha value is -2.90. The maximum atomic E-state index is 12.7. The number of amides is 1. The third kappa shape index (κ3) is 3.01. The third-order valence-corrected chi connectivity index (χ3v) is 3.98. The van der Waals surface area contributed by atoms with Crippen molar-refractivity contribution in [3.8, 4) is 0 Å². The number of hydrogen-bond acceptors (Lipinski definition) is 4. The van der Waals surface area contributed by atoms with Gasteiger partial charge >= 0.3 is 11.7 Å². The second-order valence-electron chi connectivity index (χ2n) is 5.46.